The Labute approximate surface area is 97.2 Å². The molecule has 0 aliphatic rings. The van der Waals surface area contributed by atoms with E-state index in [9.17, 15) is 26.7 Å². The standard InChI is InChI=1S/C9H7F5N2O2/c10-7(11)5-3(2-15)1-4(9(12,13)14)16-6(5)8(17)18/h1,7H,2,15H2,(H,17,18). The average Bonchev–Trinajstić information content (AvgIpc) is 2.25. The van der Waals surface area contributed by atoms with E-state index in [1.807, 2.05) is 0 Å². The number of aromatic carboxylic acids is 1. The zero-order chi connectivity index (χ0) is 14.1. The quantitative estimate of drug-likeness (QED) is 0.825. The molecule has 0 amide bonds. The average molecular weight is 270 g/mol. The molecule has 100 valence electrons. The first-order chi connectivity index (χ1) is 8.18. The predicted molar refractivity (Wildman–Crippen MR) is 49.0 cm³/mol. The van der Waals surface area contributed by atoms with Crippen LogP contribution in [0.5, 0.6) is 0 Å². The minimum atomic E-state index is -4.94. The molecule has 0 radical (unpaired) electrons. The van der Waals surface area contributed by atoms with Crippen molar-refractivity contribution < 1.29 is 31.9 Å². The third-order valence-electron chi connectivity index (χ3n) is 2.08. The number of nitrogens with two attached hydrogens (primary N) is 1. The van der Waals surface area contributed by atoms with E-state index in [1.165, 1.54) is 0 Å². The number of aromatic nitrogens is 1. The number of pyridine rings is 1. The maximum atomic E-state index is 12.6. The number of hydrogen-bond donors (Lipinski definition) is 2. The molecule has 0 aliphatic heterocycles. The zero-order valence-electron chi connectivity index (χ0n) is 8.63. The molecule has 3 N–H and O–H groups in total. The van der Waals surface area contributed by atoms with Gasteiger partial charge >= 0.3 is 12.1 Å². The maximum Gasteiger partial charge on any atom is 0.433 e. The molecule has 1 heterocycles. The number of carbonyl (C=O) groups is 1. The number of alkyl halides is 5. The Balaban J connectivity index is 3.59. The van der Waals surface area contributed by atoms with E-state index in [-0.39, 0.29) is 0 Å². The minimum absolute atomic E-state index is 0.327. The van der Waals surface area contributed by atoms with Gasteiger partial charge in [0.2, 0.25) is 0 Å². The molecule has 0 atom stereocenters. The van der Waals surface area contributed by atoms with Crippen LogP contribution >= 0.6 is 0 Å². The Morgan fingerprint density at radius 1 is 1.44 bits per heavy atom. The molecule has 0 saturated heterocycles. The van der Waals surface area contributed by atoms with Crippen molar-refractivity contribution >= 4 is 5.97 Å². The van der Waals surface area contributed by atoms with Crippen molar-refractivity contribution in [3.63, 3.8) is 0 Å². The van der Waals surface area contributed by atoms with Crippen molar-refractivity contribution in [2.45, 2.75) is 19.1 Å². The number of halogens is 5. The fourth-order valence-corrected chi connectivity index (χ4v) is 1.33. The summed E-state index contributed by atoms with van der Waals surface area (Å²) < 4.78 is 62.4. The summed E-state index contributed by atoms with van der Waals surface area (Å²) in [6.45, 7) is -0.647. The minimum Gasteiger partial charge on any atom is -0.476 e. The molecule has 0 aromatic carbocycles. The van der Waals surface area contributed by atoms with Crippen LogP contribution in [0.15, 0.2) is 6.07 Å². The van der Waals surface area contributed by atoms with Gasteiger partial charge in [-0.1, -0.05) is 0 Å². The third-order valence-corrected chi connectivity index (χ3v) is 2.08. The van der Waals surface area contributed by atoms with Crippen LogP contribution in [0, 0.1) is 0 Å². The van der Waals surface area contributed by atoms with Crippen LogP contribution in [-0.2, 0) is 12.7 Å². The number of hydrogen-bond acceptors (Lipinski definition) is 3. The van der Waals surface area contributed by atoms with Crippen molar-refractivity contribution in [3.8, 4) is 0 Å². The molecular formula is C9H7F5N2O2. The highest BCUT2D eigenvalue weighted by Crippen LogP contribution is 2.33. The monoisotopic (exact) mass is 270 g/mol. The molecule has 0 bridgehead atoms. The molecule has 0 unspecified atom stereocenters. The topological polar surface area (TPSA) is 76.2 Å². The maximum absolute atomic E-state index is 12.6. The van der Waals surface area contributed by atoms with E-state index in [1.54, 1.807) is 0 Å². The zero-order valence-corrected chi connectivity index (χ0v) is 8.63. The molecule has 0 spiro atoms. The van der Waals surface area contributed by atoms with E-state index in [4.69, 9.17) is 10.8 Å². The lowest BCUT2D eigenvalue weighted by atomic mass is 10.0. The van der Waals surface area contributed by atoms with Gasteiger partial charge in [-0.05, 0) is 11.6 Å². The van der Waals surface area contributed by atoms with E-state index in [0.29, 0.717) is 6.07 Å². The van der Waals surface area contributed by atoms with E-state index in [0.717, 1.165) is 0 Å². The van der Waals surface area contributed by atoms with Crippen LogP contribution < -0.4 is 5.73 Å². The second-order valence-corrected chi connectivity index (χ2v) is 3.24. The normalized spacial score (nSPS) is 11.9. The summed E-state index contributed by atoms with van der Waals surface area (Å²) in [4.78, 5) is 13.4. The first kappa shape index (κ1) is 14.3. The number of carboxylic acid groups (broad SMARTS) is 1. The first-order valence-electron chi connectivity index (χ1n) is 4.51. The molecule has 9 heteroatoms. The summed E-state index contributed by atoms with van der Waals surface area (Å²) in [5, 5.41) is 8.62. The van der Waals surface area contributed by atoms with Crippen LogP contribution in [-0.4, -0.2) is 16.1 Å². The van der Waals surface area contributed by atoms with Gasteiger partial charge in [0.05, 0.1) is 5.56 Å². The van der Waals surface area contributed by atoms with Gasteiger partial charge in [-0.15, -0.1) is 0 Å². The van der Waals surface area contributed by atoms with E-state index in [2.05, 4.69) is 4.98 Å². The summed E-state index contributed by atoms with van der Waals surface area (Å²) >= 11 is 0. The van der Waals surface area contributed by atoms with Crippen molar-refractivity contribution in [2.24, 2.45) is 5.73 Å². The van der Waals surface area contributed by atoms with Crippen molar-refractivity contribution in [1.29, 1.82) is 0 Å². The van der Waals surface area contributed by atoms with Crippen LogP contribution in [0.1, 0.15) is 33.7 Å². The molecule has 0 aliphatic carbocycles. The van der Waals surface area contributed by atoms with Gasteiger partial charge in [0.25, 0.3) is 6.43 Å². The van der Waals surface area contributed by atoms with Gasteiger partial charge in [0.1, 0.15) is 5.69 Å². The smallest absolute Gasteiger partial charge is 0.433 e. The Morgan fingerprint density at radius 3 is 2.33 bits per heavy atom. The summed E-state index contributed by atoms with van der Waals surface area (Å²) in [6.07, 6.45) is -8.21. The number of nitrogens with zero attached hydrogens (tertiary/aromatic N) is 1. The lowest BCUT2D eigenvalue weighted by Gasteiger charge is -2.14. The summed E-state index contributed by atoms with van der Waals surface area (Å²) in [7, 11) is 0. The van der Waals surface area contributed by atoms with Crippen LogP contribution in [0.3, 0.4) is 0 Å². The molecule has 18 heavy (non-hydrogen) atoms. The summed E-state index contributed by atoms with van der Waals surface area (Å²) in [5.74, 6) is -1.97. The fraction of sp³-hybridized carbons (Fsp3) is 0.333. The van der Waals surface area contributed by atoms with Crippen molar-refractivity contribution in [3.05, 3.63) is 28.6 Å². The molecule has 4 nitrogen and oxygen atoms in total. The second kappa shape index (κ2) is 4.84. The van der Waals surface area contributed by atoms with Crippen molar-refractivity contribution in [2.75, 3.05) is 0 Å². The Kier molecular flexibility index (Phi) is 3.85. The largest absolute Gasteiger partial charge is 0.476 e. The van der Waals surface area contributed by atoms with E-state index >= 15 is 0 Å². The second-order valence-electron chi connectivity index (χ2n) is 3.24. The summed E-state index contributed by atoms with van der Waals surface area (Å²) in [5.41, 5.74) is 0.472. The Morgan fingerprint density at radius 2 is 2.00 bits per heavy atom. The molecular weight excluding hydrogens is 263 g/mol. The number of rotatable bonds is 3. The summed E-state index contributed by atoms with van der Waals surface area (Å²) in [6, 6.07) is 0.327. The SMILES string of the molecule is NCc1cc(C(F)(F)F)nc(C(=O)O)c1C(F)F. The fourth-order valence-electron chi connectivity index (χ4n) is 1.33. The Bertz CT molecular complexity index is 473. The first-order valence-corrected chi connectivity index (χ1v) is 4.51. The van der Waals surface area contributed by atoms with Gasteiger partial charge < -0.3 is 10.8 Å². The van der Waals surface area contributed by atoms with Crippen molar-refractivity contribution in [1.82, 2.24) is 4.98 Å². The van der Waals surface area contributed by atoms with Gasteiger partial charge in [-0.2, -0.15) is 13.2 Å². The third kappa shape index (κ3) is 2.73. The highest BCUT2D eigenvalue weighted by molar-refractivity contribution is 5.87. The van der Waals surface area contributed by atoms with Gasteiger partial charge in [0, 0.05) is 6.54 Å². The highest BCUT2D eigenvalue weighted by Gasteiger charge is 2.36. The highest BCUT2D eigenvalue weighted by atomic mass is 19.4. The lowest BCUT2D eigenvalue weighted by Crippen LogP contribution is -2.18. The van der Waals surface area contributed by atoms with E-state index < -0.39 is 47.6 Å². The predicted octanol–water partition coefficient (Wildman–Crippen LogP) is 2.19. The van der Waals surface area contributed by atoms with Crippen LogP contribution in [0.25, 0.3) is 0 Å². The van der Waals surface area contributed by atoms with Gasteiger partial charge in [0.15, 0.2) is 5.69 Å². The molecule has 1 aromatic heterocycles. The lowest BCUT2D eigenvalue weighted by molar-refractivity contribution is -0.141. The molecule has 1 aromatic rings. The number of carboxylic acids is 1. The molecule has 1 rings (SSSR count). The molecule has 0 saturated carbocycles. The van der Waals surface area contributed by atoms with Gasteiger partial charge in [-0.3, -0.25) is 0 Å². The van der Waals surface area contributed by atoms with Crippen LogP contribution in [0.2, 0.25) is 0 Å². The Hall–Kier alpha value is -1.77. The van der Waals surface area contributed by atoms with Gasteiger partial charge in [-0.25, -0.2) is 18.6 Å². The molecule has 0 fully saturated rings. The van der Waals surface area contributed by atoms with Crippen LogP contribution in [0.4, 0.5) is 22.0 Å².